The SMILES string of the molecule is CCCCCCCCCCCCCCCCn1c[n+](C)c(C)c1C. The van der Waals surface area contributed by atoms with E-state index in [1.54, 1.807) is 0 Å². The van der Waals surface area contributed by atoms with Gasteiger partial charge >= 0.3 is 0 Å². The molecule has 0 saturated carbocycles. The molecule has 0 amide bonds. The molecule has 0 aliphatic rings. The predicted octanol–water partition coefficient (Wildman–Crippen LogP) is 6.41. The monoisotopic (exact) mass is 335 g/mol. The van der Waals surface area contributed by atoms with Crippen molar-refractivity contribution in [3.8, 4) is 0 Å². The Morgan fingerprint density at radius 2 is 1.12 bits per heavy atom. The first-order chi connectivity index (χ1) is 11.7. The highest BCUT2D eigenvalue weighted by Crippen LogP contribution is 2.13. The molecular weight excluding hydrogens is 292 g/mol. The van der Waals surface area contributed by atoms with Crippen LogP contribution in [0.5, 0.6) is 0 Å². The topological polar surface area (TPSA) is 8.81 Å². The fraction of sp³-hybridized carbons (Fsp3) is 0.864. The summed E-state index contributed by atoms with van der Waals surface area (Å²) in [5, 5.41) is 0. The molecule has 1 aromatic heterocycles. The summed E-state index contributed by atoms with van der Waals surface area (Å²) < 4.78 is 4.65. The van der Waals surface area contributed by atoms with Gasteiger partial charge in [-0.25, -0.2) is 9.13 Å². The highest BCUT2D eigenvalue weighted by Gasteiger charge is 2.12. The number of hydrogen-bond acceptors (Lipinski definition) is 0. The zero-order chi connectivity index (χ0) is 17.6. The third-order valence-electron chi connectivity index (χ3n) is 5.55. The quantitative estimate of drug-likeness (QED) is 0.259. The van der Waals surface area contributed by atoms with Crippen molar-refractivity contribution < 1.29 is 4.57 Å². The second-order valence-electron chi connectivity index (χ2n) is 7.69. The molecular formula is C22H43N2+. The van der Waals surface area contributed by atoms with Crippen LogP contribution < -0.4 is 4.57 Å². The lowest BCUT2D eigenvalue weighted by Gasteiger charge is -2.03. The molecule has 1 heterocycles. The third kappa shape index (κ3) is 8.89. The first-order valence-electron chi connectivity index (χ1n) is 10.7. The summed E-state index contributed by atoms with van der Waals surface area (Å²) in [5.74, 6) is 0. The van der Waals surface area contributed by atoms with Crippen molar-refractivity contribution in [2.24, 2.45) is 7.05 Å². The van der Waals surface area contributed by atoms with Gasteiger partial charge in [-0.1, -0.05) is 84.0 Å². The lowest BCUT2D eigenvalue weighted by atomic mass is 10.0. The molecule has 140 valence electrons. The molecule has 0 spiro atoms. The van der Waals surface area contributed by atoms with Gasteiger partial charge in [0.2, 0.25) is 6.33 Å². The van der Waals surface area contributed by atoms with Gasteiger partial charge in [-0.3, -0.25) is 0 Å². The molecule has 1 aromatic rings. The Hall–Kier alpha value is -0.790. The number of imidazole rings is 1. The highest BCUT2D eigenvalue weighted by atomic mass is 15.1. The minimum atomic E-state index is 1.19. The second kappa shape index (κ2) is 13.5. The molecule has 0 unspecified atom stereocenters. The van der Waals surface area contributed by atoms with Crippen molar-refractivity contribution in [3.63, 3.8) is 0 Å². The predicted molar refractivity (Wildman–Crippen MR) is 105 cm³/mol. The number of hydrogen-bond donors (Lipinski definition) is 0. The molecule has 0 radical (unpaired) electrons. The normalized spacial score (nSPS) is 11.3. The van der Waals surface area contributed by atoms with Gasteiger partial charge < -0.3 is 0 Å². The zero-order valence-corrected chi connectivity index (χ0v) is 17.1. The molecule has 0 N–H and O–H groups in total. The Kier molecular flexibility index (Phi) is 12.0. The molecule has 0 fully saturated rings. The van der Waals surface area contributed by atoms with Crippen LogP contribution in [0.4, 0.5) is 0 Å². The first kappa shape index (κ1) is 21.3. The van der Waals surface area contributed by atoms with Crippen LogP contribution in [0, 0.1) is 13.8 Å². The van der Waals surface area contributed by atoms with Crippen LogP contribution in [0.15, 0.2) is 6.33 Å². The molecule has 2 nitrogen and oxygen atoms in total. The van der Waals surface area contributed by atoms with Crippen LogP contribution in [-0.4, -0.2) is 4.57 Å². The fourth-order valence-corrected chi connectivity index (χ4v) is 3.55. The van der Waals surface area contributed by atoms with Gasteiger partial charge in [0.1, 0.15) is 11.4 Å². The van der Waals surface area contributed by atoms with Crippen LogP contribution >= 0.6 is 0 Å². The molecule has 0 aromatic carbocycles. The van der Waals surface area contributed by atoms with Crippen molar-refractivity contribution in [1.29, 1.82) is 0 Å². The first-order valence-corrected chi connectivity index (χ1v) is 10.7. The highest BCUT2D eigenvalue weighted by molar-refractivity contribution is 5.02. The third-order valence-corrected chi connectivity index (χ3v) is 5.55. The van der Waals surface area contributed by atoms with E-state index in [1.165, 1.54) is 108 Å². The molecule has 0 atom stereocenters. The maximum Gasteiger partial charge on any atom is 0.243 e. The number of aromatic nitrogens is 2. The summed E-state index contributed by atoms with van der Waals surface area (Å²) in [5.41, 5.74) is 2.81. The zero-order valence-electron chi connectivity index (χ0n) is 17.1. The van der Waals surface area contributed by atoms with Gasteiger partial charge in [0.15, 0.2) is 0 Å². The average molecular weight is 336 g/mol. The van der Waals surface area contributed by atoms with Crippen LogP contribution in [0.2, 0.25) is 0 Å². The molecule has 0 aliphatic heterocycles. The van der Waals surface area contributed by atoms with E-state index < -0.39 is 0 Å². The van der Waals surface area contributed by atoms with Crippen LogP contribution in [0.3, 0.4) is 0 Å². The van der Waals surface area contributed by atoms with Gasteiger partial charge in [0.25, 0.3) is 0 Å². The van der Waals surface area contributed by atoms with Crippen LogP contribution in [0.25, 0.3) is 0 Å². The van der Waals surface area contributed by atoms with Gasteiger partial charge in [-0.15, -0.1) is 0 Å². The smallest absolute Gasteiger partial charge is 0.237 e. The lowest BCUT2D eigenvalue weighted by Crippen LogP contribution is -2.28. The Labute approximate surface area is 151 Å². The molecule has 1 rings (SSSR count). The number of unbranched alkanes of at least 4 members (excludes halogenated alkanes) is 13. The minimum Gasteiger partial charge on any atom is -0.237 e. The Balaban J connectivity index is 1.85. The summed E-state index contributed by atoms with van der Waals surface area (Å²) in [6, 6.07) is 0. The van der Waals surface area contributed by atoms with Crippen molar-refractivity contribution >= 4 is 0 Å². The maximum atomic E-state index is 2.41. The molecule has 0 bridgehead atoms. The lowest BCUT2D eigenvalue weighted by molar-refractivity contribution is -0.677. The Bertz CT molecular complexity index is 420. The standard InChI is InChI=1S/C22H43N2/c1-5-6-7-8-9-10-11-12-13-14-15-16-17-18-19-24-20-23(4)21(2)22(24)3/h20H,5-19H2,1-4H3/q+1. The van der Waals surface area contributed by atoms with Crippen molar-refractivity contribution in [2.75, 3.05) is 0 Å². The van der Waals surface area contributed by atoms with Gasteiger partial charge in [0, 0.05) is 13.8 Å². The van der Waals surface area contributed by atoms with Gasteiger partial charge in [-0.2, -0.15) is 0 Å². The van der Waals surface area contributed by atoms with Crippen LogP contribution in [0.1, 0.15) is 108 Å². The minimum absolute atomic E-state index is 1.19. The Morgan fingerprint density at radius 1 is 0.708 bits per heavy atom. The van der Waals surface area contributed by atoms with E-state index >= 15 is 0 Å². The Morgan fingerprint density at radius 3 is 1.50 bits per heavy atom. The molecule has 2 heteroatoms. The summed E-state index contributed by atoms with van der Waals surface area (Å²) in [6.45, 7) is 7.92. The number of aryl methyl sites for hydroxylation is 2. The summed E-state index contributed by atoms with van der Waals surface area (Å²) >= 11 is 0. The van der Waals surface area contributed by atoms with E-state index in [-0.39, 0.29) is 0 Å². The van der Waals surface area contributed by atoms with Gasteiger partial charge in [0.05, 0.1) is 13.6 Å². The maximum absolute atomic E-state index is 2.41. The van der Waals surface area contributed by atoms with E-state index in [4.69, 9.17) is 0 Å². The molecule has 0 aliphatic carbocycles. The van der Waals surface area contributed by atoms with E-state index in [1.807, 2.05) is 0 Å². The van der Waals surface area contributed by atoms with Crippen molar-refractivity contribution in [1.82, 2.24) is 4.57 Å². The second-order valence-corrected chi connectivity index (χ2v) is 7.69. The summed E-state index contributed by atoms with van der Waals surface area (Å²) in [6.07, 6.45) is 22.3. The van der Waals surface area contributed by atoms with E-state index in [2.05, 4.69) is 43.3 Å². The molecule has 0 saturated heterocycles. The van der Waals surface area contributed by atoms with E-state index in [9.17, 15) is 0 Å². The average Bonchev–Trinajstić information content (AvgIpc) is 2.82. The van der Waals surface area contributed by atoms with Crippen LogP contribution in [-0.2, 0) is 13.6 Å². The number of rotatable bonds is 15. The van der Waals surface area contributed by atoms with E-state index in [0.717, 1.165) is 0 Å². The molecule has 24 heavy (non-hydrogen) atoms. The van der Waals surface area contributed by atoms with Crippen molar-refractivity contribution in [3.05, 3.63) is 17.7 Å². The van der Waals surface area contributed by atoms with Crippen molar-refractivity contribution in [2.45, 2.75) is 117 Å². The largest absolute Gasteiger partial charge is 0.243 e. The van der Waals surface area contributed by atoms with Gasteiger partial charge in [-0.05, 0) is 12.8 Å². The summed E-state index contributed by atoms with van der Waals surface area (Å²) in [4.78, 5) is 0. The fourth-order valence-electron chi connectivity index (χ4n) is 3.55. The number of nitrogens with zero attached hydrogens (tertiary/aromatic N) is 2. The summed E-state index contributed by atoms with van der Waals surface area (Å²) in [7, 11) is 2.14. The van der Waals surface area contributed by atoms with E-state index in [0.29, 0.717) is 0 Å².